The van der Waals surface area contributed by atoms with Crippen LogP contribution >= 0.6 is 0 Å². The van der Waals surface area contributed by atoms with Gasteiger partial charge >= 0.3 is 7.32 Å². The standard InChI is InChI=1S/BH3O3.Pd/c2-1(3)4;/h2-4H;. The topological polar surface area (TPSA) is 60.7 Å². The zero-order valence-electron chi connectivity index (χ0n) is 2.24. The van der Waals surface area contributed by atoms with Crippen molar-refractivity contribution in [2.45, 2.75) is 0 Å². The molecule has 0 amide bonds. The molecule has 0 heterocycles. The van der Waals surface area contributed by atoms with Gasteiger partial charge in [-0.15, -0.1) is 0 Å². The van der Waals surface area contributed by atoms with Gasteiger partial charge in [-0.1, -0.05) is 0 Å². The molecule has 3 nitrogen and oxygen atoms in total. The maximum absolute atomic E-state index is 7.17. The summed E-state index contributed by atoms with van der Waals surface area (Å²) in [5.41, 5.74) is 0. The van der Waals surface area contributed by atoms with Crippen molar-refractivity contribution in [2.75, 3.05) is 0 Å². The van der Waals surface area contributed by atoms with E-state index in [0.717, 1.165) is 0 Å². The van der Waals surface area contributed by atoms with Gasteiger partial charge in [0.1, 0.15) is 0 Å². The van der Waals surface area contributed by atoms with Crippen molar-refractivity contribution in [3.05, 3.63) is 0 Å². The number of hydrogen-bond acceptors (Lipinski definition) is 3. The zero-order chi connectivity index (χ0) is 3.58. The molecule has 0 aromatic carbocycles. The van der Waals surface area contributed by atoms with Gasteiger partial charge in [0, 0.05) is 20.4 Å². The van der Waals surface area contributed by atoms with Crippen molar-refractivity contribution >= 4 is 7.32 Å². The Kier molecular flexibility index (Phi) is 8.43. The fraction of sp³-hybridized carbons (Fsp3) is 0. The van der Waals surface area contributed by atoms with Crippen molar-refractivity contribution in [3.8, 4) is 0 Å². The van der Waals surface area contributed by atoms with Crippen molar-refractivity contribution in [3.63, 3.8) is 0 Å². The van der Waals surface area contributed by atoms with Crippen LogP contribution in [0.1, 0.15) is 0 Å². The summed E-state index contributed by atoms with van der Waals surface area (Å²) >= 11 is 0. The Morgan fingerprint density at radius 2 is 1.00 bits per heavy atom. The van der Waals surface area contributed by atoms with Crippen LogP contribution in [-0.4, -0.2) is 22.4 Å². The first-order chi connectivity index (χ1) is 1.73. The molecule has 0 rings (SSSR count). The molecule has 34 valence electrons. The molecule has 0 saturated heterocycles. The van der Waals surface area contributed by atoms with Gasteiger partial charge in [0.15, 0.2) is 0 Å². The predicted molar refractivity (Wildman–Crippen MR) is 12.4 cm³/mol. The van der Waals surface area contributed by atoms with Gasteiger partial charge in [0.2, 0.25) is 0 Å². The summed E-state index contributed by atoms with van der Waals surface area (Å²) in [4.78, 5) is 0. The van der Waals surface area contributed by atoms with Gasteiger partial charge in [-0.05, 0) is 0 Å². The second-order valence-electron chi connectivity index (χ2n) is 0.346. The molecule has 3 N–H and O–H groups in total. The molecule has 5 heteroatoms. The van der Waals surface area contributed by atoms with Crippen LogP contribution in [0.15, 0.2) is 0 Å². The smallest absolute Gasteiger partial charge is 0.402 e. The van der Waals surface area contributed by atoms with E-state index in [1.807, 2.05) is 0 Å². The maximum Gasteiger partial charge on any atom is 0.631 e. The fourth-order valence-corrected chi connectivity index (χ4v) is 0. The Morgan fingerprint density at radius 3 is 1.00 bits per heavy atom. The Balaban J connectivity index is 0. The van der Waals surface area contributed by atoms with E-state index in [2.05, 4.69) is 0 Å². The normalized spacial score (nSPS) is 5.40. The first-order valence-electron chi connectivity index (χ1n) is 0.775. The first-order valence-corrected chi connectivity index (χ1v) is 0.775. The molecule has 0 saturated carbocycles. The summed E-state index contributed by atoms with van der Waals surface area (Å²) in [6.45, 7) is 0. The van der Waals surface area contributed by atoms with Crippen LogP contribution in [0.25, 0.3) is 0 Å². The molecule has 0 atom stereocenters. The zero-order valence-corrected chi connectivity index (χ0v) is 3.79. The van der Waals surface area contributed by atoms with E-state index in [-0.39, 0.29) is 20.4 Å². The van der Waals surface area contributed by atoms with Gasteiger partial charge in [-0.3, -0.25) is 0 Å². The third-order valence-corrected chi connectivity index (χ3v) is 0. The van der Waals surface area contributed by atoms with E-state index in [9.17, 15) is 0 Å². The summed E-state index contributed by atoms with van der Waals surface area (Å²) < 4.78 is 0. The minimum atomic E-state index is -2.17. The maximum atomic E-state index is 7.17. The average molecular weight is 168 g/mol. The average Bonchev–Trinajstić information content (AvgIpc) is 0.811. The van der Waals surface area contributed by atoms with Crippen molar-refractivity contribution < 1.29 is 35.5 Å². The van der Waals surface area contributed by atoms with Gasteiger partial charge in [-0.2, -0.15) is 0 Å². The molecule has 5 heavy (non-hydrogen) atoms. The molecule has 0 bridgehead atoms. The van der Waals surface area contributed by atoms with E-state index in [0.29, 0.717) is 0 Å². The molecule has 0 aliphatic carbocycles. The van der Waals surface area contributed by atoms with E-state index >= 15 is 0 Å². The molecule has 0 aliphatic rings. The third kappa shape index (κ3) is 84.9. The van der Waals surface area contributed by atoms with E-state index in [1.165, 1.54) is 0 Å². The number of rotatable bonds is 0. The Bertz CT molecular complexity index is 11.6. The SMILES string of the molecule is OB(O)O.[Pd]. The predicted octanol–water partition coefficient (Wildman–Crippen LogP) is -2.05. The van der Waals surface area contributed by atoms with Crippen molar-refractivity contribution in [1.29, 1.82) is 0 Å². The van der Waals surface area contributed by atoms with Crippen molar-refractivity contribution in [1.82, 2.24) is 0 Å². The number of hydrogen-bond donors (Lipinski definition) is 3. The van der Waals surface area contributed by atoms with Crippen LogP contribution in [-0.2, 0) is 20.4 Å². The molecule has 0 spiro atoms. The second kappa shape index (κ2) is 4.61. The Morgan fingerprint density at radius 1 is 1.00 bits per heavy atom. The fourth-order valence-electron chi connectivity index (χ4n) is 0. The quantitative estimate of drug-likeness (QED) is 0.365. The van der Waals surface area contributed by atoms with E-state index in [4.69, 9.17) is 15.1 Å². The molecule has 0 aliphatic heterocycles. The summed E-state index contributed by atoms with van der Waals surface area (Å²) in [5, 5.41) is 21.5. The van der Waals surface area contributed by atoms with Gasteiger partial charge in [0.25, 0.3) is 0 Å². The monoisotopic (exact) mass is 168 g/mol. The molecule has 0 radical (unpaired) electrons. The van der Waals surface area contributed by atoms with Gasteiger partial charge < -0.3 is 15.1 Å². The molecular formula is H3BO3Pd. The summed E-state index contributed by atoms with van der Waals surface area (Å²) in [6, 6.07) is 0. The molecule has 0 aromatic rings. The van der Waals surface area contributed by atoms with E-state index in [1.54, 1.807) is 0 Å². The molecular weight excluding hydrogens is 165 g/mol. The molecule has 0 unspecified atom stereocenters. The largest absolute Gasteiger partial charge is 0.631 e. The minimum Gasteiger partial charge on any atom is -0.402 e. The van der Waals surface area contributed by atoms with Crippen molar-refractivity contribution in [2.24, 2.45) is 0 Å². The van der Waals surface area contributed by atoms with Crippen LogP contribution in [0, 0.1) is 0 Å². The summed E-state index contributed by atoms with van der Waals surface area (Å²) in [6.07, 6.45) is 0. The van der Waals surface area contributed by atoms with E-state index < -0.39 is 7.32 Å². The summed E-state index contributed by atoms with van der Waals surface area (Å²) in [5.74, 6) is 0. The van der Waals surface area contributed by atoms with Gasteiger partial charge in [0.05, 0.1) is 0 Å². The van der Waals surface area contributed by atoms with Crippen LogP contribution in [0.3, 0.4) is 0 Å². The molecule has 0 aromatic heterocycles. The van der Waals surface area contributed by atoms with Gasteiger partial charge in [-0.25, -0.2) is 0 Å². The van der Waals surface area contributed by atoms with Crippen LogP contribution < -0.4 is 0 Å². The van der Waals surface area contributed by atoms with Crippen LogP contribution in [0.4, 0.5) is 0 Å². The Hall–Kier alpha value is 0.607. The first kappa shape index (κ1) is 9.15. The second-order valence-corrected chi connectivity index (χ2v) is 0.346. The third-order valence-electron chi connectivity index (χ3n) is 0. The van der Waals surface area contributed by atoms with Crippen LogP contribution in [0.5, 0.6) is 0 Å². The summed E-state index contributed by atoms with van der Waals surface area (Å²) in [7, 11) is -2.17. The Labute approximate surface area is 43.5 Å². The minimum absolute atomic E-state index is 0. The molecule has 0 fully saturated rings. The van der Waals surface area contributed by atoms with Crippen LogP contribution in [0.2, 0.25) is 0 Å².